The number of amides is 1. The zero-order chi connectivity index (χ0) is 14.9. The zero-order valence-electron chi connectivity index (χ0n) is 13.0. The molecule has 1 amide bonds. The first kappa shape index (κ1) is 18.9. The molecule has 2 rings (SSSR count). The molecule has 1 saturated carbocycles. The first-order chi connectivity index (χ1) is 10.3. The molecule has 4 nitrogen and oxygen atoms in total. The fourth-order valence-electron chi connectivity index (χ4n) is 2.72. The predicted molar refractivity (Wildman–Crippen MR) is 91.2 cm³/mol. The van der Waals surface area contributed by atoms with Gasteiger partial charge in [0.05, 0.1) is 6.61 Å². The Morgan fingerprint density at radius 2 is 2.00 bits per heavy atom. The van der Waals surface area contributed by atoms with E-state index in [1.807, 2.05) is 18.2 Å². The Morgan fingerprint density at radius 3 is 2.68 bits per heavy atom. The number of hydrogen-bond donors (Lipinski definition) is 2. The molecule has 2 unspecified atom stereocenters. The van der Waals surface area contributed by atoms with Gasteiger partial charge in [0.2, 0.25) is 5.91 Å². The quantitative estimate of drug-likeness (QED) is 0.720. The Bertz CT molecular complexity index is 428. The van der Waals surface area contributed by atoms with E-state index < -0.39 is 0 Å². The van der Waals surface area contributed by atoms with Crippen molar-refractivity contribution in [3.05, 3.63) is 35.9 Å². The highest BCUT2D eigenvalue weighted by Crippen LogP contribution is 2.23. The number of nitrogens with two attached hydrogens (primary N) is 1. The van der Waals surface area contributed by atoms with Gasteiger partial charge >= 0.3 is 0 Å². The maximum atomic E-state index is 11.9. The van der Waals surface area contributed by atoms with Gasteiger partial charge in [0.15, 0.2) is 0 Å². The predicted octanol–water partition coefficient (Wildman–Crippen LogP) is 2.30. The second-order valence-corrected chi connectivity index (χ2v) is 5.76. The minimum atomic E-state index is 0. The first-order valence-electron chi connectivity index (χ1n) is 7.90. The van der Waals surface area contributed by atoms with Crippen LogP contribution in [0.5, 0.6) is 0 Å². The molecule has 1 fully saturated rings. The molecule has 0 saturated heterocycles. The molecule has 124 valence electrons. The smallest absolute Gasteiger partial charge is 0.223 e. The van der Waals surface area contributed by atoms with Crippen molar-refractivity contribution in [2.45, 2.75) is 38.1 Å². The molecule has 0 spiro atoms. The van der Waals surface area contributed by atoms with Crippen molar-refractivity contribution >= 4 is 18.3 Å². The molecule has 2 atom stereocenters. The van der Waals surface area contributed by atoms with E-state index in [9.17, 15) is 4.79 Å². The van der Waals surface area contributed by atoms with E-state index in [1.165, 1.54) is 5.56 Å². The van der Waals surface area contributed by atoms with E-state index in [-0.39, 0.29) is 30.3 Å². The maximum absolute atomic E-state index is 11.9. The Balaban J connectivity index is 0.00000242. The van der Waals surface area contributed by atoms with Gasteiger partial charge in [-0.25, -0.2) is 0 Å². The summed E-state index contributed by atoms with van der Waals surface area (Å²) in [7, 11) is 0. The molecule has 1 aliphatic rings. The van der Waals surface area contributed by atoms with E-state index >= 15 is 0 Å². The molecule has 5 heteroatoms. The van der Waals surface area contributed by atoms with Gasteiger partial charge in [0, 0.05) is 25.1 Å². The first-order valence-corrected chi connectivity index (χ1v) is 7.90. The molecule has 1 aliphatic carbocycles. The molecule has 3 N–H and O–H groups in total. The van der Waals surface area contributed by atoms with Gasteiger partial charge in [-0.2, -0.15) is 0 Å². The van der Waals surface area contributed by atoms with Crippen LogP contribution in [-0.2, 0) is 16.0 Å². The highest BCUT2D eigenvalue weighted by Gasteiger charge is 2.27. The van der Waals surface area contributed by atoms with Crippen LogP contribution in [0.1, 0.15) is 31.2 Å². The average molecular weight is 327 g/mol. The number of rotatable bonds is 8. The number of carbonyl (C=O) groups excluding carboxylic acids is 1. The summed E-state index contributed by atoms with van der Waals surface area (Å²) in [6.07, 6.45) is 4.53. The number of halogens is 1. The van der Waals surface area contributed by atoms with Crippen LogP contribution >= 0.6 is 12.4 Å². The number of benzene rings is 1. The second kappa shape index (κ2) is 10.6. The highest BCUT2D eigenvalue weighted by atomic mass is 35.5. The van der Waals surface area contributed by atoms with Crippen LogP contribution in [-0.4, -0.2) is 31.7 Å². The van der Waals surface area contributed by atoms with Crippen LogP contribution in [0.3, 0.4) is 0 Å². The second-order valence-electron chi connectivity index (χ2n) is 5.76. The van der Waals surface area contributed by atoms with Crippen LogP contribution in [0.15, 0.2) is 30.3 Å². The molecule has 0 heterocycles. The molecule has 1 aromatic carbocycles. The summed E-state index contributed by atoms with van der Waals surface area (Å²) >= 11 is 0. The van der Waals surface area contributed by atoms with E-state index in [2.05, 4.69) is 17.4 Å². The molecule has 0 radical (unpaired) electrons. The number of hydrogen-bond acceptors (Lipinski definition) is 3. The summed E-state index contributed by atoms with van der Waals surface area (Å²) in [4.78, 5) is 11.9. The van der Waals surface area contributed by atoms with Crippen molar-refractivity contribution in [1.29, 1.82) is 0 Å². The van der Waals surface area contributed by atoms with Gasteiger partial charge in [0.25, 0.3) is 0 Å². The monoisotopic (exact) mass is 326 g/mol. The Kier molecular flexibility index (Phi) is 9.13. The average Bonchev–Trinajstić information content (AvgIpc) is 2.94. The summed E-state index contributed by atoms with van der Waals surface area (Å²) in [5.74, 6) is 0.284. The minimum Gasteiger partial charge on any atom is -0.381 e. The Labute approximate surface area is 139 Å². The summed E-state index contributed by atoms with van der Waals surface area (Å²) in [6, 6.07) is 10.5. The van der Waals surface area contributed by atoms with Crippen LogP contribution in [0.2, 0.25) is 0 Å². The zero-order valence-corrected chi connectivity index (χ0v) is 13.8. The summed E-state index contributed by atoms with van der Waals surface area (Å²) in [5.41, 5.74) is 7.12. The standard InChI is InChI=1S/C17H26N2O2.ClH/c18-16-8-7-15(13-16)17(20)19-10-4-11-21-12-9-14-5-2-1-3-6-14;/h1-3,5-6,15-16H,4,7-13,18H2,(H,19,20);1H. The van der Waals surface area contributed by atoms with Gasteiger partial charge in [0.1, 0.15) is 0 Å². The van der Waals surface area contributed by atoms with E-state index in [1.54, 1.807) is 0 Å². The third kappa shape index (κ3) is 6.77. The van der Waals surface area contributed by atoms with Crippen molar-refractivity contribution in [3.8, 4) is 0 Å². The molecular formula is C17H27ClN2O2. The lowest BCUT2D eigenvalue weighted by atomic mass is 10.1. The minimum absolute atomic E-state index is 0. The SMILES string of the molecule is Cl.NC1CCC(C(=O)NCCCOCCc2ccccc2)C1. The largest absolute Gasteiger partial charge is 0.381 e. The van der Waals surface area contributed by atoms with Crippen molar-refractivity contribution in [3.63, 3.8) is 0 Å². The molecule has 0 aromatic heterocycles. The third-order valence-electron chi connectivity index (χ3n) is 3.99. The molecular weight excluding hydrogens is 300 g/mol. The van der Waals surface area contributed by atoms with Crippen LogP contribution in [0.25, 0.3) is 0 Å². The van der Waals surface area contributed by atoms with Crippen LogP contribution < -0.4 is 11.1 Å². The van der Waals surface area contributed by atoms with Gasteiger partial charge in [-0.05, 0) is 37.7 Å². The third-order valence-corrected chi connectivity index (χ3v) is 3.99. The van der Waals surface area contributed by atoms with Crippen molar-refractivity contribution in [2.24, 2.45) is 11.7 Å². The fraction of sp³-hybridized carbons (Fsp3) is 0.588. The number of ether oxygens (including phenoxy) is 1. The lowest BCUT2D eigenvalue weighted by Gasteiger charge is -2.10. The fourth-order valence-corrected chi connectivity index (χ4v) is 2.72. The molecule has 1 aromatic rings. The van der Waals surface area contributed by atoms with Crippen LogP contribution in [0.4, 0.5) is 0 Å². The Hall–Kier alpha value is -1.10. The van der Waals surface area contributed by atoms with Gasteiger partial charge in [-0.1, -0.05) is 30.3 Å². The highest BCUT2D eigenvalue weighted by molar-refractivity contribution is 5.85. The summed E-state index contributed by atoms with van der Waals surface area (Å²) in [6.45, 7) is 2.11. The van der Waals surface area contributed by atoms with Crippen molar-refractivity contribution in [2.75, 3.05) is 19.8 Å². The van der Waals surface area contributed by atoms with Gasteiger partial charge in [-0.15, -0.1) is 12.4 Å². The lowest BCUT2D eigenvalue weighted by Crippen LogP contribution is -2.31. The lowest BCUT2D eigenvalue weighted by molar-refractivity contribution is -0.124. The van der Waals surface area contributed by atoms with Gasteiger partial charge in [-0.3, -0.25) is 4.79 Å². The molecule has 0 bridgehead atoms. The summed E-state index contributed by atoms with van der Waals surface area (Å²) in [5, 5.41) is 2.98. The normalized spacial score (nSPS) is 20.4. The maximum Gasteiger partial charge on any atom is 0.223 e. The van der Waals surface area contributed by atoms with E-state index in [0.29, 0.717) is 13.2 Å². The van der Waals surface area contributed by atoms with Gasteiger partial charge < -0.3 is 15.8 Å². The van der Waals surface area contributed by atoms with Crippen molar-refractivity contribution in [1.82, 2.24) is 5.32 Å². The van der Waals surface area contributed by atoms with E-state index in [4.69, 9.17) is 10.5 Å². The molecule has 0 aliphatic heterocycles. The topological polar surface area (TPSA) is 64.4 Å². The molecule has 22 heavy (non-hydrogen) atoms. The number of nitrogens with one attached hydrogen (secondary N) is 1. The number of carbonyl (C=O) groups is 1. The van der Waals surface area contributed by atoms with E-state index in [0.717, 1.165) is 38.7 Å². The Morgan fingerprint density at radius 1 is 1.23 bits per heavy atom. The van der Waals surface area contributed by atoms with Crippen molar-refractivity contribution < 1.29 is 9.53 Å². The van der Waals surface area contributed by atoms with Crippen LogP contribution in [0, 0.1) is 5.92 Å². The summed E-state index contributed by atoms with van der Waals surface area (Å²) < 4.78 is 5.59.